The first kappa shape index (κ1) is 12.6. The quantitative estimate of drug-likeness (QED) is 0.840. The van der Waals surface area contributed by atoms with Crippen molar-refractivity contribution in [2.24, 2.45) is 0 Å². The Morgan fingerprint density at radius 2 is 2.19 bits per heavy atom. The fourth-order valence-corrected chi connectivity index (χ4v) is 3.61. The third-order valence-corrected chi connectivity index (χ3v) is 4.84. The van der Waals surface area contributed by atoms with Crippen molar-refractivity contribution >= 4 is 27.3 Å². The van der Waals surface area contributed by atoms with E-state index in [0.717, 1.165) is 23.9 Å². The molecule has 2 atom stereocenters. The predicted octanol–water partition coefficient (Wildman–Crippen LogP) is 3.29. The Labute approximate surface area is 109 Å². The molecule has 1 aromatic rings. The van der Waals surface area contributed by atoms with Gasteiger partial charge in [0.25, 0.3) is 0 Å². The van der Waals surface area contributed by atoms with E-state index in [4.69, 9.17) is 0 Å². The minimum Gasteiger partial charge on any atom is -0.392 e. The molecule has 0 saturated heterocycles. The first-order valence-corrected chi connectivity index (χ1v) is 7.57. The normalized spacial score (nSPS) is 26.6. The van der Waals surface area contributed by atoms with Crippen molar-refractivity contribution in [1.29, 1.82) is 0 Å². The van der Waals surface area contributed by atoms with Crippen LogP contribution in [0.4, 0.5) is 0 Å². The molecular weight excluding hydrogens is 286 g/mol. The number of thiophene rings is 1. The standard InChI is InChI=1S/C12H18BrNOS/c13-9-6-10(16-8-9)7-14-11-4-2-1-3-5-12(11)15/h6,8,11-12,14-15H,1-5,7H2. The van der Waals surface area contributed by atoms with E-state index in [-0.39, 0.29) is 12.1 Å². The van der Waals surface area contributed by atoms with Crippen molar-refractivity contribution in [2.75, 3.05) is 0 Å². The van der Waals surface area contributed by atoms with Crippen molar-refractivity contribution in [3.8, 4) is 0 Å². The van der Waals surface area contributed by atoms with E-state index in [2.05, 4.69) is 32.7 Å². The van der Waals surface area contributed by atoms with Crippen LogP contribution in [0.15, 0.2) is 15.9 Å². The lowest BCUT2D eigenvalue weighted by atomic mass is 10.1. The summed E-state index contributed by atoms with van der Waals surface area (Å²) in [6.45, 7) is 0.873. The Bertz CT molecular complexity index is 329. The van der Waals surface area contributed by atoms with Crippen molar-refractivity contribution in [2.45, 2.75) is 50.8 Å². The topological polar surface area (TPSA) is 32.3 Å². The number of halogens is 1. The summed E-state index contributed by atoms with van der Waals surface area (Å²) in [6.07, 6.45) is 5.57. The van der Waals surface area contributed by atoms with Gasteiger partial charge in [0.15, 0.2) is 0 Å². The third-order valence-electron chi connectivity index (χ3n) is 3.14. The highest BCUT2D eigenvalue weighted by Crippen LogP contribution is 2.21. The molecule has 2 rings (SSSR count). The molecule has 1 aliphatic carbocycles. The van der Waals surface area contributed by atoms with Gasteiger partial charge >= 0.3 is 0 Å². The molecule has 0 bridgehead atoms. The second-order valence-corrected chi connectivity index (χ2v) is 6.34. The fourth-order valence-electron chi connectivity index (χ4n) is 2.20. The van der Waals surface area contributed by atoms with Gasteiger partial charge in [0, 0.05) is 27.3 Å². The largest absolute Gasteiger partial charge is 0.392 e. The highest BCUT2D eigenvalue weighted by Gasteiger charge is 2.20. The molecule has 1 heterocycles. The maximum absolute atomic E-state index is 9.96. The van der Waals surface area contributed by atoms with Gasteiger partial charge in [0.2, 0.25) is 0 Å². The van der Waals surface area contributed by atoms with Crippen molar-refractivity contribution < 1.29 is 5.11 Å². The summed E-state index contributed by atoms with van der Waals surface area (Å²) in [7, 11) is 0. The molecule has 0 aliphatic heterocycles. The van der Waals surface area contributed by atoms with E-state index >= 15 is 0 Å². The predicted molar refractivity (Wildman–Crippen MR) is 71.7 cm³/mol. The smallest absolute Gasteiger partial charge is 0.0693 e. The van der Waals surface area contributed by atoms with Crippen LogP contribution in [0.3, 0.4) is 0 Å². The molecule has 16 heavy (non-hydrogen) atoms. The van der Waals surface area contributed by atoms with Crippen LogP contribution in [-0.2, 0) is 6.54 Å². The van der Waals surface area contributed by atoms with Crippen LogP contribution in [-0.4, -0.2) is 17.3 Å². The van der Waals surface area contributed by atoms with Crippen LogP contribution in [0.25, 0.3) is 0 Å². The second-order valence-electron chi connectivity index (χ2n) is 4.42. The average molecular weight is 304 g/mol. The minimum absolute atomic E-state index is 0.161. The summed E-state index contributed by atoms with van der Waals surface area (Å²) in [5, 5.41) is 15.5. The fraction of sp³-hybridized carbons (Fsp3) is 0.667. The molecule has 0 radical (unpaired) electrons. The summed E-state index contributed by atoms with van der Waals surface area (Å²) >= 11 is 5.21. The summed E-state index contributed by atoms with van der Waals surface area (Å²) in [5.74, 6) is 0. The first-order valence-electron chi connectivity index (χ1n) is 5.90. The zero-order valence-corrected chi connectivity index (χ0v) is 11.7. The van der Waals surface area contributed by atoms with Crippen LogP contribution in [0.5, 0.6) is 0 Å². The van der Waals surface area contributed by atoms with Crippen molar-refractivity contribution in [3.05, 3.63) is 20.8 Å². The van der Waals surface area contributed by atoms with Gasteiger partial charge in [-0.05, 0) is 34.8 Å². The van der Waals surface area contributed by atoms with Crippen LogP contribution in [0, 0.1) is 0 Å². The number of hydrogen-bond acceptors (Lipinski definition) is 3. The number of nitrogens with one attached hydrogen (secondary N) is 1. The van der Waals surface area contributed by atoms with Crippen molar-refractivity contribution in [3.63, 3.8) is 0 Å². The zero-order chi connectivity index (χ0) is 11.4. The summed E-state index contributed by atoms with van der Waals surface area (Å²) in [6, 6.07) is 2.42. The Kier molecular flexibility index (Phi) is 4.82. The van der Waals surface area contributed by atoms with E-state index in [1.165, 1.54) is 24.1 Å². The van der Waals surface area contributed by atoms with Crippen LogP contribution < -0.4 is 5.32 Å². The molecule has 2 unspecified atom stereocenters. The number of aliphatic hydroxyl groups is 1. The van der Waals surface area contributed by atoms with E-state index in [1.54, 1.807) is 11.3 Å². The molecule has 1 aromatic heterocycles. The molecule has 1 fully saturated rings. The van der Waals surface area contributed by atoms with E-state index in [1.807, 2.05) is 0 Å². The maximum Gasteiger partial charge on any atom is 0.0693 e. The molecule has 4 heteroatoms. The molecule has 0 aromatic carbocycles. The monoisotopic (exact) mass is 303 g/mol. The van der Waals surface area contributed by atoms with Gasteiger partial charge < -0.3 is 10.4 Å². The molecule has 2 nitrogen and oxygen atoms in total. The van der Waals surface area contributed by atoms with Crippen LogP contribution in [0.2, 0.25) is 0 Å². The maximum atomic E-state index is 9.96. The number of rotatable bonds is 3. The van der Waals surface area contributed by atoms with E-state index < -0.39 is 0 Å². The summed E-state index contributed by atoms with van der Waals surface area (Å²) in [5.41, 5.74) is 0. The van der Waals surface area contributed by atoms with Crippen LogP contribution in [0.1, 0.15) is 37.0 Å². The Hall–Kier alpha value is 0.1000. The Morgan fingerprint density at radius 3 is 2.94 bits per heavy atom. The molecule has 1 aliphatic rings. The van der Waals surface area contributed by atoms with Gasteiger partial charge in [-0.2, -0.15) is 0 Å². The Morgan fingerprint density at radius 1 is 1.38 bits per heavy atom. The van der Waals surface area contributed by atoms with Gasteiger partial charge in [-0.15, -0.1) is 11.3 Å². The third kappa shape index (κ3) is 3.55. The number of hydrogen-bond donors (Lipinski definition) is 2. The molecule has 2 N–H and O–H groups in total. The first-order chi connectivity index (χ1) is 7.75. The highest BCUT2D eigenvalue weighted by molar-refractivity contribution is 9.10. The van der Waals surface area contributed by atoms with Crippen LogP contribution >= 0.6 is 27.3 Å². The molecule has 0 spiro atoms. The number of aliphatic hydroxyl groups excluding tert-OH is 1. The Balaban J connectivity index is 1.83. The summed E-state index contributed by atoms with van der Waals surface area (Å²) < 4.78 is 1.15. The molecule has 1 saturated carbocycles. The molecular formula is C12H18BrNOS. The highest BCUT2D eigenvalue weighted by atomic mass is 79.9. The van der Waals surface area contributed by atoms with Gasteiger partial charge in [-0.3, -0.25) is 0 Å². The lowest BCUT2D eigenvalue weighted by Crippen LogP contribution is -2.38. The van der Waals surface area contributed by atoms with Crippen molar-refractivity contribution in [1.82, 2.24) is 5.32 Å². The van der Waals surface area contributed by atoms with Gasteiger partial charge in [-0.25, -0.2) is 0 Å². The lowest BCUT2D eigenvalue weighted by Gasteiger charge is -2.21. The zero-order valence-electron chi connectivity index (χ0n) is 9.29. The van der Waals surface area contributed by atoms with E-state index in [0.29, 0.717) is 0 Å². The van der Waals surface area contributed by atoms with Gasteiger partial charge in [0.05, 0.1) is 6.10 Å². The molecule has 0 amide bonds. The van der Waals surface area contributed by atoms with E-state index in [9.17, 15) is 5.11 Å². The molecule has 90 valence electrons. The average Bonchev–Trinajstić information content (AvgIpc) is 2.56. The van der Waals surface area contributed by atoms with Gasteiger partial charge in [0.1, 0.15) is 0 Å². The SMILES string of the molecule is OC1CCCCCC1NCc1cc(Br)cs1. The second kappa shape index (κ2) is 6.15. The minimum atomic E-state index is -0.161. The van der Waals surface area contributed by atoms with Gasteiger partial charge in [-0.1, -0.05) is 19.3 Å². The summed E-state index contributed by atoms with van der Waals surface area (Å²) in [4.78, 5) is 1.32. The lowest BCUT2D eigenvalue weighted by molar-refractivity contribution is 0.119.